The number of rotatable bonds is 2. The van der Waals surface area contributed by atoms with Gasteiger partial charge in [0, 0.05) is 5.92 Å². The Morgan fingerprint density at radius 1 is 1.54 bits per heavy atom. The number of nitrogens with one attached hydrogen (secondary N) is 1. The molecule has 1 saturated heterocycles. The minimum absolute atomic E-state index is 0.327. The lowest BCUT2D eigenvalue weighted by Crippen LogP contribution is -2.26. The molecule has 1 aliphatic heterocycles. The average molecular weight is 180 g/mol. The number of aromatic nitrogens is 1. The molecule has 2 heterocycles. The Hall–Kier alpha value is -1.16. The van der Waals surface area contributed by atoms with E-state index >= 15 is 0 Å². The molecule has 1 aromatic heterocycles. The predicted octanol–water partition coefficient (Wildman–Crippen LogP) is 0.954. The van der Waals surface area contributed by atoms with Gasteiger partial charge < -0.3 is 9.73 Å². The van der Waals surface area contributed by atoms with Gasteiger partial charge in [0.25, 0.3) is 0 Å². The van der Waals surface area contributed by atoms with Gasteiger partial charge >= 0.3 is 0 Å². The summed E-state index contributed by atoms with van der Waals surface area (Å²) in [6.45, 7) is 2.01. The fourth-order valence-electron chi connectivity index (χ4n) is 1.61. The maximum atomic E-state index is 10.4. The van der Waals surface area contributed by atoms with E-state index in [9.17, 15) is 4.79 Å². The van der Waals surface area contributed by atoms with Crippen molar-refractivity contribution < 1.29 is 9.21 Å². The molecule has 2 rings (SSSR count). The van der Waals surface area contributed by atoms with Gasteiger partial charge in [-0.2, -0.15) is 0 Å². The van der Waals surface area contributed by atoms with Crippen LogP contribution < -0.4 is 5.32 Å². The minimum atomic E-state index is 0.327. The van der Waals surface area contributed by atoms with Crippen LogP contribution in [-0.2, 0) is 0 Å². The van der Waals surface area contributed by atoms with Crippen molar-refractivity contribution in [1.29, 1.82) is 0 Å². The number of hydrogen-bond donors (Lipinski definition) is 1. The highest BCUT2D eigenvalue weighted by Crippen LogP contribution is 2.23. The summed E-state index contributed by atoms with van der Waals surface area (Å²) in [5, 5.41) is 3.27. The van der Waals surface area contributed by atoms with E-state index in [4.69, 9.17) is 4.42 Å². The fourth-order valence-corrected chi connectivity index (χ4v) is 1.61. The first-order valence-electron chi connectivity index (χ1n) is 4.52. The van der Waals surface area contributed by atoms with Crippen molar-refractivity contribution in [3.8, 4) is 0 Å². The number of nitrogens with zero attached hydrogens (tertiary/aromatic N) is 1. The number of hydrogen-bond acceptors (Lipinski definition) is 4. The van der Waals surface area contributed by atoms with Gasteiger partial charge in [0.15, 0.2) is 17.9 Å². The molecule has 0 aromatic carbocycles. The summed E-state index contributed by atoms with van der Waals surface area (Å²) >= 11 is 0. The summed E-state index contributed by atoms with van der Waals surface area (Å²) in [7, 11) is 0. The third-order valence-corrected chi connectivity index (χ3v) is 2.35. The molecule has 0 unspecified atom stereocenters. The molecule has 0 spiro atoms. The van der Waals surface area contributed by atoms with Crippen molar-refractivity contribution in [2.75, 3.05) is 13.1 Å². The second-order valence-electron chi connectivity index (χ2n) is 3.24. The van der Waals surface area contributed by atoms with Crippen molar-refractivity contribution in [3.05, 3.63) is 17.8 Å². The number of oxazole rings is 1. The molecule has 1 aliphatic rings. The highest BCUT2D eigenvalue weighted by molar-refractivity contribution is 5.69. The van der Waals surface area contributed by atoms with Crippen LogP contribution in [-0.4, -0.2) is 24.4 Å². The molecule has 0 bridgehead atoms. The van der Waals surface area contributed by atoms with Crippen LogP contribution >= 0.6 is 0 Å². The van der Waals surface area contributed by atoms with Gasteiger partial charge in [0.2, 0.25) is 0 Å². The lowest BCUT2D eigenvalue weighted by molar-refractivity contribution is 0.109. The van der Waals surface area contributed by atoms with Crippen LogP contribution in [0.1, 0.15) is 35.2 Å². The highest BCUT2D eigenvalue weighted by atomic mass is 16.4. The molecule has 1 N–H and O–H groups in total. The Bertz CT molecular complexity index is 290. The van der Waals surface area contributed by atoms with E-state index in [1.54, 1.807) is 0 Å². The molecule has 0 saturated carbocycles. The number of piperidine rings is 1. The molecule has 4 heteroatoms. The van der Waals surface area contributed by atoms with Gasteiger partial charge in [0.05, 0.1) is 6.20 Å². The molecule has 70 valence electrons. The van der Waals surface area contributed by atoms with Crippen LogP contribution in [0.4, 0.5) is 0 Å². The molecule has 0 atom stereocenters. The van der Waals surface area contributed by atoms with Crippen LogP contribution in [0.5, 0.6) is 0 Å². The summed E-state index contributed by atoms with van der Waals surface area (Å²) in [4.78, 5) is 14.4. The van der Waals surface area contributed by atoms with Crippen LogP contribution in [0.3, 0.4) is 0 Å². The smallest absolute Gasteiger partial charge is 0.198 e. The highest BCUT2D eigenvalue weighted by Gasteiger charge is 2.19. The zero-order chi connectivity index (χ0) is 9.10. The summed E-state index contributed by atoms with van der Waals surface area (Å²) in [6, 6.07) is 0. The zero-order valence-electron chi connectivity index (χ0n) is 7.32. The van der Waals surface area contributed by atoms with Crippen LogP contribution in [0.15, 0.2) is 10.6 Å². The summed E-state index contributed by atoms with van der Waals surface area (Å²) in [5.41, 5.74) is 0. The largest absolute Gasteiger partial charge is 0.438 e. The van der Waals surface area contributed by atoms with Crippen molar-refractivity contribution in [3.63, 3.8) is 0 Å². The van der Waals surface area contributed by atoms with E-state index in [2.05, 4.69) is 10.3 Å². The Kier molecular flexibility index (Phi) is 2.40. The first-order valence-corrected chi connectivity index (χ1v) is 4.52. The third-order valence-electron chi connectivity index (χ3n) is 2.35. The van der Waals surface area contributed by atoms with Gasteiger partial charge in [-0.05, 0) is 25.9 Å². The standard InChI is InChI=1S/C9H12N2O2/c12-6-8-5-11-9(13-8)7-1-3-10-4-2-7/h5-7,10H,1-4H2. The second-order valence-corrected chi connectivity index (χ2v) is 3.24. The fraction of sp³-hybridized carbons (Fsp3) is 0.556. The lowest BCUT2D eigenvalue weighted by atomic mass is 9.98. The van der Waals surface area contributed by atoms with Crippen molar-refractivity contribution >= 4 is 6.29 Å². The molecular formula is C9H12N2O2. The Labute approximate surface area is 76.3 Å². The summed E-state index contributed by atoms with van der Waals surface area (Å²) in [5.74, 6) is 1.42. The molecule has 0 amide bonds. The topological polar surface area (TPSA) is 55.1 Å². The molecule has 0 radical (unpaired) electrons. The van der Waals surface area contributed by atoms with E-state index in [0.717, 1.165) is 25.9 Å². The molecular weight excluding hydrogens is 168 g/mol. The normalized spacial score (nSPS) is 18.8. The predicted molar refractivity (Wildman–Crippen MR) is 46.7 cm³/mol. The van der Waals surface area contributed by atoms with E-state index in [1.165, 1.54) is 6.20 Å². The zero-order valence-corrected chi connectivity index (χ0v) is 7.32. The first-order chi connectivity index (χ1) is 6.40. The monoisotopic (exact) mass is 180 g/mol. The Morgan fingerprint density at radius 2 is 2.31 bits per heavy atom. The van der Waals surface area contributed by atoms with Crippen LogP contribution in [0, 0.1) is 0 Å². The minimum Gasteiger partial charge on any atom is -0.438 e. The lowest BCUT2D eigenvalue weighted by Gasteiger charge is -2.19. The van der Waals surface area contributed by atoms with Gasteiger partial charge in [-0.25, -0.2) is 4.98 Å². The molecule has 0 aliphatic carbocycles. The van der Waals surface area contributed by atoms with E-state index in [1.807, 2.05) is 0 Å². The number of carbonyl (C=O) groups excluding carboxylic acids is 1. The molecule has 4 nitrogen and oxygen atoms in total. The van der Waals surface area contributed by atoms with Crippen molar-refractivity contribution in [1.82, 2.24) is 10.3 Å². The Balaban J connectivity index is 2.09. The average Bonchev–Trinajstić information content (AvgIpc) is 2.67. The van der Waals surface area contributed by atoms with Gasteiger partial charge in [0.1, 0.15) is 0 Å². The van der Waals surface area contributed by atoms with Crippen molar-refractivity contribution in [2.24, 2.45) is 0 Å². The van der Waals surface area contributed by atoms with Crippen molar-refractivity contribution in [2.45, 2.75) is 18.8 Å². The van der Waals surface area contributed by atoms with E-state index < -0.39 is 0 Å². The summed E-state index contributed by atoms with van der Waals surface area (Å²) < 4.78 is 5.27. The quantitative estimate of drug-likeness (QED) is 0.688. The molecule has 13 heavy (non-hydrogen) atoms. The third kappa shape index (κ3) is 1.78. The number of carbonyl (C=O) groups is 1. The van der Waals surface area contributed by atoms with Gasteiger partial charge in [-0.15, -0.1) is 0 Å². The van der Waals surface area contributed by atoms with Gasteiger partial charge in [-0.1, -0.05) is 0 Å². The second kappa shape index (κ2) is 3.70. The van der Waals surface area contributed by atoms with Gasteiger partial charge in [-0.3, -0.25) is 4.79 Å². The van der Waals surface area contributed by atoms with Crippen LogP contribution in [0.25, 0.3) is 0 Å². The number of aldehydes is 1. The first kappa shape index (κ1) is 8.44. The SMILES string of the molecule is O=Cc1cnc(C2CCNCC2)o1. The summed E-state index contributed by atoms with van der Waals surface area (Å²) in [6.07, 6.45) is 4.26. The molecule has 1 fully saturated rings. The van der Waals surface area contributed by atoms with E-state index in [0.29, 0.717) is 23.9 Å². The van der Waals surface area contributed by atoms with Crippen LogP contribution in [0.2, 0.25) is 0 Å². The maximum Gasteiger partial charge on any atom is 0.198 e. The molecule has 1 aromatic rings. The maximum absolute atomic E-state index is 10.4. The Morgan fingerprint density at radius 3 is 2.92 bits per heavy atom. The van der Waals surface area contributed by atoms with E-state index in [-0.39, 0.29) is 0 Å².